The summed E-state index contributed by atoms with van der Waals surface area (Å²) in [5.74, 6) is 0. The first-order valence-corrected chi connectivity index (χ1v) is 14.6. The van der Waals surface area contributed by atoms with Crippen LogP contribution in [-0.2, 0) is 0 Å². The largest absolute Gasteiger partial charge is 0.341 e. The Hall–Kier alpha value is 1.09. The lowest BCUT2D eigenvalue weighted by Crippen LogP contribution is -2.07. The summed E-state index contributed by atoms with van der Waals surface area (Å²) in [4.78, 5) is 0. The SMILES string of the molecule is [2H]C([2H])(CCCCCCCCCCCC)CCCCC[Si](Cl)(Cl)Cl. The fourth-order valence-corrected chi connectivity index (χ4v) is 4.47. The van der Waals surface area contributed by atoms with E-state index in [0.717, 1.165) is 25.7 Å². The first kappa shape index (κ1) is 19.4. The van der Waals surface area contributed by atoms with Crippen molar-refractivity contribution in [3.8, 4) is 0 Å². The van der Waals surface area contributed by atoms with Crippen LogP contribution in [0.4, 0.5) is 0 Å². The van der Waals surface area contributed by atoms with Gasteiger partial charge in [-0.25, -0.2) is 0 Å². The molecule has 0 rings (SSSR count). The zero-order chi connectivity index (χ0) is 18.3. The minimum Gasteiger partial charge on any atom is -0.126 e. The van der Waals surface area contributed by atoms with Crippen molar-refractivity contribution < 1.29 is 2.74 Å². The molecule has 0 spiro atoms. The maximum absolute atomic E-state index is 8.09. The van der Waals surface area contributed by atoms with Gasteiger partial charge in [0.2, 0.25) is 0 Å². The molecule has 0 radical (unpaired) electrons. The molecule has 0 bridgehead atoms. The minimum atomic E-state index is -2.48. The van der Waals surface area contributed by atoms with Crippen LogP contribution in [0.15, 0.2) is 0 Å². The lowest BCUT2D eigenvalue weighted by Gasteiger charge is -2.07. The Morgan fingerprint density at radius 1 is 0.591 bits per heavy atom. The normalized spacial score (nSPS) is 14.0. The van der Waals surface area contributed by atoms with Gasteiger partial charge in [-0.15, -0.1) is 33.2 Å². The number of hydrogen-bond acceptors (Lipinski definition) is 0. The standard InChI is InChI=1S/C18H37Cl3Si/c1-2-3-4-5-6-7-8-9-10-11-12-13-14-15-16-17-18-22(19,20)21/h2-18H2,1H3/i13D2. The Labute approximate surface area is 157 Å². The Balaban J connectivity index is 3.41. The maximum Gasteiger partial charge on any atom is 0.341 e. The van der Waals surface area contributed by atoms with Crippen molar-refractivity contribution in [1.82, 2.24) is 0 Å². The molecule has 0 amide bonds. The molecule has 0 fully saturated rings. The molecule has 0 nitrogen and oxygen atoms in total. The maximum atomic E-state index is 8.09. The van der Waals surface area contributed by atoms with Crippen LogP contribution in [0.3, 0.4) is 0 Å². The molecule has 0 aliphatic rings. The Morgan fingerprint density at radius 2 is 0.955 bits per heavy atom. The summed E-state index contributed by atoms with van der Waals surface area (Å²) in [5.41, 5.74) is 0. The molecule has 0 aromatic carbocycles. The zero-order valence-corrected chi connectivity index (χ0v) is 17.7. The molecule has 0 N–H and O–H groups in total. The molecule has 22 heavy (non-hydrogen) atoms. The summed E-state index contributed by atoms with van der Waals surface area (Å²) in [7, 11) is 0. The topological polar surface area (TPSA) is 0 Å². The predicted molar refractivity (Wildman–Crippen MR) is 108 cm³/mol. The average molecular weight is 390 g/mol. The first-order chi connectivity index (χ1) is 11.3. The van der Waals surface area contributed by atoms with E-state index < -0.39 is 12.4 Å². The van der Waals surface area contributed by atoms with Crippen LogP contribution < -0.4 is 0 Å². The fourth-order valence-electron chi connectivity index (χ4n) is 2.61. The molecule has 0 unspecified atom stereocenters. The van der Waals surface area contributed by atoms with Crippen LogP contribution in [-0.4, -0.2) is 6.00 Å². The minimum absolute atomic E-state index is 0.645. The number of rotatable bonds is 17. The van der Waals surface area contributed by atoms with Gasteiger partial charge in [-0.3, -0.25) is 0 Å². The Kier molecular flexibility index (Phi) is 14.9. The third-order valence-corrected chi connectivity index (χ3v) is 6.64. The van der Waals surface area contributed by atoms with Crippen LogP contribution in [0.2, 0.25) is 6.04 Å². The summed E-state index contributed by atoms with van der Waals surface area (Å²) < 4.78 is 16.2. The summed E-state index contributed by atoms with van der Waals surface area (Å²) >= 11 is 17.5. The molecule has 134 valence electrons. The Bertz CT molecular complexity index is 284. The quantitative estimate of drug-likeness (QED) is 0.132. The number of hydrogen-bond donors (Lipinski definition) is 0. The van der Waals surface area contributed by atoms with Gasteiger partial charge in [0, 0.05) is 2.74 Å². The zero-order valence-electron chi connectivity index (χ0n) is 16.4. The van der Waals surface area contributed by atoms with Gasteiger partial charge in [-0.2, -0.15) is 0 Å². The van der Waals surface area contributed by atoms with E-state index in [-0.39, 0.29) is 0 Å². The van der Waals surface area contributed by atoms with Gasteiger partial charge in [0.05, 0.1) is 0 Å². The van der Waals surface area contributed by atoms with Crippen molar-refractivity contribution in [3.05, 3.63) is 0 Å². The fraction of sp³-hybridized carbons (Fsp3) is 1.00. The summed E-state index contributed by atoms with van der Waals surface area (Å²) in [6.45, 7) is 2.25. The van der Waals surface area contributed by atoms with Crippen molar-refractivity contribution in [2.24, 2.45) is 0 Å². The molecule has 0 atom stereocenters. The molecular formula is C18H37Cl3Si. The highest BCUT2D eigenvalue weighted by Gasteiger charge is 2.23. The summed E-state index contributed by atoms with van der Waals surface area (Å²) in [5, 5.41) is 0. The number of halogens is 3. The van der Waals surface area contributed by atoms with E-state index in [1.165, 1.54) is 57.8 Å². The van der Waals surface area contributed by atoms with E-state index in [4.69, 9.17) is 36.0 Å². The predicted octanol–water partition coefficient (Wildman–Crippen LogP) is 8.90. The van der Waals surface area contributed by atoms with Gasteiger partial charge < -0.3 is 0 Å². The summed E-state index contributed by atoms with van der Waals surface area (Å²) in [6, 6.07) is -1.78. The van der Waals surface area contributed by atoms with Gasteiger partial charge in [-0.05, 0) is 6.04 Å². The van der Waals surface area contributed by atoms with Crippen molar-refractivity contribution in [2.75, 3.05) is 0 Å². The van der Waals surface area contributed by atoms with Gasteiger partial charge in [0.25, 0.3) is 0 Å². The van der Waals surface area contributed by atoms with E-state index in [2.05, 4.69) is 6.92 Å². The third-order valence-electron chi connectivity index (χ3n) is 4.02. The van der Waals surface area contributed by atoms with Crippen LogP contribution in [0, 0.1) is 0 Å². The van der Waals surface area contributed by atoms with Crippen molar-refractivity contribution in [3.63, 3.8) is 0 Å². The van der Waals surface area contributed by atoms with E-state index in [0.29, 0.717) is 18.9 Å². The molecule has 0 aromatic heterocycles. The van der Waals surface area contributed by atoms with E-state index >= 15 is 0 Å². The molecule has 4 heteroatoms. The highest BCUT2D eigenvalue weighted by molar-refractivity contribution is 7.64. The number of unbranched alkanes of at least 4 members (excludes halogenated alkanes) is 11. The van der Waals surface area contributed by atoms with Gasteiger partial charge in [0.15, 0.2) is 0 Å². The van der Waals surface area contributed by atoms with E-state index in [9.17, 15) is 0 Å². The van der Waals surface area contributed by atoms with Crippen LogP contribution in [0.1, 0.15) is 112 Å². The van der Waals surface area contributed by atoms with Gasteiger partial charge in [-0.1, -0.05) is 110 Å². The van der Waals surface area contributed by atoms with Crippen molar-refractivity contribution >= 4 is 39.2 Å². The molecular weight excluding hydrogens is 351 g/mol. The van der Waals surface area contributed by atoms with E-state index in [1.54, 1.807) is 0 Å². The molecule has 0 aliphatic heterocycles. The third kappa shape index (κ3) is 21.1. The highest BCUT2D eigenvalue weighted by atomic mass is 35.8. The molecule has 0 heterocycles. The summed E-state index contributed by atoms with van der Waals surface area (Å²) in [6.07, 6.45) is 16.1. The Morgan fingerprint density at radius 3 is 1.36 bits per heavy atom. The highest BCUT2D eigenvalue weighted by Crippen LogP contribution is 2.27. The van der Waals surface area contributed by atoms with Crippen LogP contribution in [0.5, 0.6) is 0 Å². The van der Waals surface area contributed by atoms with E-state index in [1.807, 2.05) is 0 Å². The second-order valence-electron chi connectivity index (χ2n) is 6.36. The lowest BCUT2D eigenvalue weighted by atomic mass is 10.0. The molecule has 0 saturated carbocycles. The molecule has 0 aliphatic carbocycles. The average Bonchev–Trinajstić information content (AvgIpc) is 2.47. The van der Waals surface area contributed by atoms with Gasteiger partial charge >= 0.3 is 6.00 Å². The first-order valence-electron chi connectivity index (χ1n) is 10.3. The van der Waals surface area contributed by atoms with Crippen molar-refractivity contribution in [1.29, 1.82) is 0 Å². The monoisotopic (exact) mass is 388 g/mol. The second kappa shape index (κ2) is 16.9. The lowest BCUT2D eigenvalue weighted by molar-refractivity contribution is 0.531. The van der Waals surface area contributed by atoms with Crippen LogP contribution in [0.25, 0.3) is 0 Å². The van der Waals surface area contributed by atoms with Crippen molar-refractivity contribution in [2.45, 2.75) is 116 Å². The second-order valence-corrected chi connectivity index (χ2v) is 15.6. The van der Waals surface area contributed by atoms with Gasteiger partial charge in [0.1, 0.15) is 0 Å². The molecule has 0 saturated heterocycles. The smallest absolute Gasteiger partial charge is 0.126 e. The van der Waals surface area contributed by atoms with Crippen LogP contribution >= 0.6 is 33.2 Å². The molecule has 0 aromatic rings.